The molecular weight excluding hydrogens is 859 g/mol. The molecular formula is C53H81NO13. The number of Topliss-reactive ketones (excluding diaryl/α,β-unsaturated/α-hetero) is 2. The second-order valence-corrected chi connectivity index (χ2v) is 20.4. The average molecular weight is 940 g/mol. The normalized spacial score (nSPS) is 37.2. The third-order valence-corrected chi connectivity index (χ3v) is 15.0. The standard InChI is InChI=1S/C53H81NO13/c1-12-38-21-30(2)20-33(5)24-46(63-10)49-47(64-11)26-35(7)53(61,67-49)50(58)51(59)54-18-14-13-15-40(54)52(60)66-48(36(8)41(55)28-42(38)56)34(6)25-37-16-17-44(45(27-37)62-9)65-29-43(57)39-22-31(3)19-32(4)23-39/h19,21-23,25,33,35-38,40-41,43-49,55,57,61H,12-18,20,24,26-29H2,1-11H3/b30-21+,34-25+/t33-,35+,36+,37?,38+,40-,41+,43+,44+,45+,46-,47-,48+,49+,53+/m0/s1. The number of esters is 1. The molecule has 1 amide bonds. The number of allylic oxidation sites excluding steroid dienone is 3. The van der Waals surface area contributed by atoms with Gasteiger partial charge in [-0.05, 0) is 115 Å². The van der Waals surface area contributed by atoms with Crippen LogP contribution in [0.5, 0.6) is 0 Å². The van der Waals surface area contributed by atoms with E-state index in [1.54, 1.807) is 21.0 Å². The van der Waals surface area contributed by atoms with E-state index >= 15 is 0 Å². The number of aliphatic hydroxyl groups excluding tert-OH is 2. The summed E-state index contributed by atoms with van der Waals surface area (Å²) in [7, 11) is 4.71. The summed E-state index contributed by atoms with van der Waals surface area (Å²) in [5.41, 5.74) is 4.59. The van der Waals surface area contributed by atoms with E-state index < -0.39 is 83.9 Å². The number of nitrogens with zero attached hydrogens (tertiary/aromatic N) is 1. The van der Waals surface area contributed by atoms with Crippen LogP contribution in [0.4, 0.5) is 0 Å². The van der Waals surface area contributed by atoms with Crippen LogP contribution in [0, 0.1) is 43.4 Å². The molecule has 376 valence electrons. The van der Waals surface area contributed by atoms with Crippen molar-refractivity contribution in [3.8, 4) is 0 Å². The van der Waals surface area contributed by atoms with Crippen molar-refractivity contribution in [2.75, 3.05) is 34.5 Å². The van der Waals surface area contributed by atoms with Crippen molar-refractivity contribution >= 4 is 23.4 Å². The molecule has 2 bridgehead atoms. The number of hydrogen-bond donors (Lipinski definition) is 3. The fourth-order valence-corrected chi connectivity index (χ4v) is 11.1. The van der Waals surface area contributed by atoms with Crippen LogP contribution in [-0.4, -0.2) is 133 Å². The number of hydrogen-bond acceptors (Lipinski definition) is 13. The monoisotopic (exact) mass is 940 g/mol. The summed E-state index contributed by atoms with van der Waals surface area (Å²) in [6, 6.07) is 4.83. The molecule has 3 N–H and O–H groups in total. The van der Waals surface area contributed by atoms with E-state index in [-0.39, 0.29) is 62.2 Å². The quantitative estimate of drug-likeness (QED) is 0.126. The summed E-state index contributed by atoms with van der Waals surface area (Å²) in [5.74, 6) is -7.62. The number of aliphatic hydroxyl groups is 3. The summed E-state index contributed by atoms with van der Waals surface area (Å²) >= 11 is 0. The molecule has 1 aromatic rings. The smallest absolute Gasteiger partial charge is 0.329 e. The predicted molar refractivity (Wildman–Crippen MR) is 253 cm³/mol. The molecule has 0 spiro atoms. The first-order chi connectivity index (χ1) is 31.7. The van der Waals surface area contributed by atoms with Crippen LogP contribution in [0.1, 0.15) is 135 Å². The minimum Gasteiger partial charge on any atom is -0.456 e. The molecule has 1 aliphatic carbocycles. The van der Waals surface area contributed by atoms with Gasteiger partial charge in [0.05, 0.1) is 37.1 Å². The maximum absolute atomic E-state index is 14.5. The minimum absolute atomic E-state index is 0.0215. The highest BCUT2D eigenvalue weighted by atomic mass is 16.7. The molecule has 1 unspecified atom stereocenters. The van der Waals surface area contributed by atoms with E-state index in [2.05, 4.69) is 13.0 Å². The Hall–Kier alpha value is -3.34. The van der Waals surface area contributed by atoms with Gasteiger partial charge < -0.3 is 48.6 Å². The molecule has 15 atom stereocenters. The van der Waals surface area contributed by atoms with Gasteiger partial charge in [0.25, 0.3) is 11.7 Å². The molecule has 14 nitrogen and oxygen atoms in total. The molecule has 1 saturated carbocycles. The molecule has 1 aromatic carbocycles. The van der Waals surface area contributed by atoms with Gasteiger partial charge in [-0.15, -0.1) is 0 Å². The van der Waals surface area contributed by atoms with Crippen LogP contribution in [0.2, 0.25) is 0 Å². The van der Waals surface area contributed by atoms with Gasteiger partial charge in [-0.25, -0.2) is 4.79 Å². The average Bonchev–Trinajstić information content (AvgIpc) is 3.30. The number of methoxy groups -OCH3 is 3. The summed E-state index contributed by atoms with van der Waals surface area (Å²) in [6.45, 7) is 15.4. The topological polar surface area (TPSA) is 188 Å². The Bertz CT molecular complexity index is 1900. The first kappa shape index (κ1) is 54.6. The van der Waals surface area contributed by atoms with E-state index in [9.17, 15) is 34.5 Å². The van der Waals surface area contributed by atoms with Gasteiger partial charge in [-0.3, -0.25) is 14.4 Å². The van der Waals surface area contributed by atoms with Crippen LogP contribution < -0.4 is 0 Å². The van der Waals surface area contributed by atoms with Gasteiger partial charge in [0, 0.05) is 52.0 Å². The van der Waals surface area contributed by atoms with Crippen molar-refractivity contribution in [1.29, 1.82) is 0 Å². The van der Waals surface area contributed by atoms with Crippen LogP contribution in [0.25, 0.3) is 0 Å². The zero-order valence-corrected chi connectivity index (χ0v) is 42.0. The molecule has 67 heavy (non-hydrogen) atoms. The maximum Gasteiger partial charge on any atom is 0.329 e. The molecule has 3 fully saturated rings. The zero-order valence-electron chi connectivity index (χ0n) is 42.0. The van der Waals surface area contributed by atoms with Gasteiger partial charge >= 0.3 is 5.97 Å². The van der Waals surface area contributed by atoms with Crippen molar-refractivity contribution in [3.05, 3.63) is 58.2 Å². The number of amides is 1. The number of rotatable bonds is 10. The first-order valence-electron chi connectivity index (χ1n) is 24.7. The Balaban J connectivity index is 1.45. The lowest BCUT2D eigenvalue weighted by molar-refractivity contribution is -0.302. The molecule has 0 radical (unpaired) electrons. The van der Waals surface area contributed by atoms with Gasteiger partial charge in [0.1, 0.15) is 30.1 Å². The number of ketones is 2. The molecule has 0 aromatic heterocycles. The van der Waals surface area contributed by atoms with E-state index in [0.717, 1.165) is 22.3 Å². The number of carbonyl (C=O) groups is 4. The van der Waals surface area contributed by atoms with E-state index in [0.29, 0.717) is 56.9 Å². The first-order valence-corrected chi connectivity index (χ1v) is 24.7. The highest BCUT2D eigenvalue weighted by molar-refractivity contribution is 6.39. The van der Waals surface area contributed by atoms with Gasteiger partial charge in [0.2, 0.25) is 5.79 Å². The van der Waals surface area contributed by atoms with E-state index in [1.165, 1.54) is 19.1 Å². The van der Waals surface area contributed by atoms with Crippen LogP contribution >= 0.6 is 0 Å². The van der Waals surface area contributed by atoms with E-state index in [1.807, 2.05) is 58.9 Å². The summed E-state index contributed by atoms with van der Waals surface area (Å²) in [5, 5.41) is 35.0. The third kappa shape index (κ3) is 13.5. The summed E-state index contributed by atoms with van der Waals surface area (Å²) in [6.07, 6.45) is 3.38. The molecule has 5 rings (SSSR count). The third-order valence-electron chi connectivity index (χ3n) is 15.0. The molecule has 2 saturated heterocycles. The Morgan fingerprint density at radius 2 is 1.54 bits per heavy atom. The number of fused-ring (bicyclic) bond motifs is 3. The SMILES string of the molecule is CC[C@@H]1/C=C(\C)C[C@H](C)C[C@H](OC)[C@H]2O[C@@](O)(C(=O)C(=O)N3CCCC[C@H]3C(=O)O[C@H](/C(C)=C/C3CC[C@@H](OC[C@@H](O)c4cc(C)cc(C)c4)[C@H](OC)C3)[C@H](C)[C@H](O)CC1=O)[C@H](C)C[C@@H]2OC. The Morgan fingerprint density at radius 1 is 0.881 bits per heavy atom. The summed E-state index contributed by atoms with van der Waals surface area (Å²) < 4.78 is 36.7. The van der Waals surface area contributed by atoms with Gasteiger partial charge in [0.15, 0.2) is 0 Å². The molecule has 3 heterocycles. The fourth-order valence-electron chi connectivity index (χ4n) is 11.1. The lowest BCUT2D eigenvalue weighted by atomic mass is 9.81. The highest BCUT2D eigenvalue weighted by Crippen LogP contribution is 2.39. The lowest BCUT2D eigenvalue weighted by Crippen LogP contribution is -2.64. The van der Waals surface area contributed by atoms with Crippen molar-refractivity contribution in [2.45, 2.75) is 187 Å². The number of carbonyl (C=O) groups excluding carboxylic acids is 4. The van der Waals surface area contributed by atoms with Gasteiger partial charge in [-0.1, -0.05) is 74.7 Å². The van der Waals surface area contributed by atoms with Crippen molar-refractivity contribution in [1.82, 2.24) is 4.90 Å². The lowest BCUT2D eigenvalue weighted by Gasteiger charge is -2.47. The number of benzene rings is 1. The van der Waals surface area contributed by atoms with Crippen molar-refractivity contribution < 1.29 is 62.9 Å². The zero-order chi connectivity index (χ0) is 49.3. The largest absolute Gasteiger partial charge is 0.456 e. The maximum atomic E-state index is 14.5. The minimum atomic E-state index is -2.52. The second-order valence-electron chi connectivity index (χ2n) is 20.4. The van der Waals surface area contributed by atoms with Gasteiger partial charge in [-0.2, -0.15) is 0 Å². The van der Waals surface area contributed by atoms with Crippen LogP contribution in [0.3, 0.4) is 0 Å². The number of ether oxygens (including phenoxy) is 6. The Morgan fingerprint density at radius 3 is 2.18 bits per heavy atom. The number of cyclic esters (lactones) is 1. The molecule has 4 aliphatic rings. The number of piperidine rings is 1. The second kappa shape index (κ2) is 24.5. The van der Waals surface area contributed by atoms with Crippen molar-refractivity contribution in [2.24, 2.45) is 29.6 Å². The van der Waals surface area contributed by atoms with Crippen molar-refractivity contribution in [3.63, 3.8) is 0 Å². The predicted octanol–water partition coefficient (Wildman–Crippen LogP) is 6.85. The van der Waals surface area contributed by atoms with E-state index in [4.69, 9.17) is 28.4 Å². The highest BCUT2D eigenvalue weighted by Gasteiger charge is 2.56. The van der Waals surface area contributed by atoms with Crippen LogP contribution in [-0.2, 0) is 47.6 Å². The fraction of sp³-hybridized carbons (Fsp3) is 0.736. The Kier molecular flexibility index (Phi) is 19.9. The Labute approximate surface area is 399 Å². The molecule has 14 heteroatoms. The molecule has 3 aliphatic heterocycles. The van der Waals surface area contributed by atoms with Crippen LogP contribution in [0.15, 0.2) is 41.5 Å². The summed E-state index contributed by atoms with van der Waals surface area (Å²) in [4.78, 5) is 58.5. The number of aryl methyl sites for hydroxylation is 2.